The third-order valence-electron chi connectivity index (χ3n) is 4.47. The summed E-state index contributed by atoms with van der Waals surface area (Å²) in [5.74, 6) is -3.31. The molecule has 3 heterocycles. The van der Waals surface area contributed by atoms with Crippen molar-refractivity contribution in [2.24, 2.45) is 5.92 Å². The quantitative estimate of drug-likeness (QED) is 0.474. The van der Waals surface area contributed by atoms with Gasteiger partial charge in [0.1, 0.15) is 5.82 Å². The summed E-state index contributed by atoms with van der Waals surface area (Å²) in [5, 5.41) is 11.8. The number of aromatic amines is 1. The highest BCUT2D eigenvalue weighted by atomic mass is 32.1. The van der Waals surface area contributed by atoms with Gasteiger partial charge in [0, 0.05) is 24.7 Å². The number of rotatable bonds is 8. The highest BCUT2D eigenvalue weighted by Crippen LogP contribution is 2.29. The largest absolute Gasteiger partial charge is 0.479 e. The van der Waals surface area contributed by atoms with Gasteiger partial charge in [-0.25, -0.2) is 19.2 Å². The van der Waals surface area contributed by atoms with E-state index in [9.17, 15) is 18.8 Å². The number of Topliss-reactive ketones (excluding diaryl/α,β-unsaturated/α-hetero) is 1. The topological polar surface area (TPSA) is 138 Å². The van der Waals surface area contributed by atoms with Gasteiger partial charge in [0.2, 0.25) is 5.91 Å². The number of ether oxygens (including phenoxy) is 1. The molecule has 0 bridgehead atoms. The Morgan fingerprint density at radius 1 is 1.34 bits per heavy atom. The second-order valence-corrected chi connectivity index (χ2v) is 7.61. The molecule has 11 heteroatoms. The van der Waals surface area contributed by atoms with E-state index in [4.69, 9.17) is 9.84 Å². The Bertz CT molecular complexity index is 1080. The van der Waals surface area contributed by atoms with Crippen LogP contribution in [0.5, 0.6) is 0 Å². The number of carboxylic acid groups (broad SMARTS) is 1. The number of nitrogens with one attached hydrogen (secondary N) is 2. The van der Waals surface area contributed by atoms with Gasteiger partial charge < -0.3 is 20.1 Å². The number of ketones is 1. The van der Waals surface area contributed by atoms with Gasteiger partial charge in [0.25, 0.3) is 0 Å². The smallest absolute Gasteiger partial charge is 0.336 e. The average molecular weight is 418 g/mol. The van der Waals surface area contributed by atoms with Crippen molar-refractivity contribution in [3.05, 3.63) is 42.2 Å². The Morgan fingerprint density at radius 3 is 2.86 bits per heavy atom. The molecule has 0 saturated carbocycles. The van der Waals surface area contributed by atoms with Crippen LogP contribution in [-0.2, 0) is 25.5 Å². The predicted octanol–water partition coefficient (Wildman–Crippen LogP) is 1.77. The van der Waals surface area contributed by atoms with Crippen LogP contribution >= 0.6 is 11.3 Å². The number of carbonyl (C=O) groups is 3. The molecule has 4 rings (SSSR count). The van der Waals surface area contributed by atoms with Crippen molar-refractivity contribution in [3.8, 4) is 0 Å². The molecule has 3 N–H and O–H groups in total. The molecule has 1 saturated heterocycles. The zero-order valence-corrected chi connectivity index (χ0v) is 15.6. The van der Waals surface area contributed by atoms with Gasteiger partial charge in [-0.05, 0) is 18.2 Å². The van der Waals surface area contributed by atoms with Gasteiger partial charge in [0.05, 0.1) is 22.5 Å². The lowest BCUT2D eigenvalue weighted by molar-refractivity contribution is -0.138. The van der Waals surface area contributed by atoms with Crippen molar-refractivity contribution in [2.75, 3.05) is 5.32 Å². The number of epoxide rings is 1. The fraction of sp³-hybridized carbons (Fsp3) is 0.278. The number of carbonyl (C=O) groups excluding carboxylic acids is 2. The van der Waals surface area contributed by atoms with Crippen molar-refractivity contribution < 1.29 is 28.6 Å². The maximum Gasteiger partial charge on any atom is 0.336 e. The van der Waals surface area contributed by atoms with Gasteiger partial charge in [-0.1, -0.05) is 11.3 Å². The molecule has 150 valence electrons. The first-order chi connectivity index (χ1) is 13.9. The van der Waals surface area contributed by atoms with E-state index >= 15 is 0 Å². The third kappa shape index (κ3) is 4.30. The number of hydrogen-bond donors (Lipinski definition) is 3. The summed E-state index contributed by atoms with van der Waals surface area (Å²) in [6, 6.07) is 4.12. The summed E-state index contributed by atoms with van der Waals surface area (Å²) in [7, 11) is 0. The molecular weight excluding hydrogens is 403 g/mol. The number of fused-ring (bicyclic) bond motifs is 1. The number of H-pyrrole nitrogens is 1. The molecule has 0 spiro atoms. The minimum Gasteiger partial charge on any atom is -0.479 e. The molecule has 1 fully saturated rings. The van der Waals surface area contributed by atoms with E-state index in [1.165, 1.54) is 24.5 Å². The summed E-state index contributed by atoms with van der Waals surface area (Å²) in [4.78, 5) is 47.1. The fourth-order valence-electron chi connectivity index (χ4n) is 2.98. The van der Waals surface area contributed by atoms with Crippen LogP contribution in [0.2, 0.25) is 0 Å². The lowest BCUT2D eigenvalue weighted by Gasteiger charge is -2.14. The molecule has 29 heavy (non-hydrogen) atoms. The molecule has 1 amide bonds. The molecule has 0 aliphatic carbocycles. The van der Waals surface area contributed by atoms with Crippen LogP contribution in [-0.4, -0.2) is 49.9 Å². The normalized spacial score (nSPS) is 19.1. The zero-order chi connectivity index (χ0) is 20.5. The first-order valence-corrected chi connectivity index (χ1v) is 9.47. The van der Waals surface area contributed by atoms with Gasteiger partial charge >= 0.3 is 5.97 Å². The van der Waals surface area contributed by atoms with Crippen molar-refractivity contribution in [1.29, 1.82) is 0 Å². The Kier molecular flexibility index (Phi) is 5.07. The van der Waals surface area contributed by atoms with Crippen LogP contribution in [0.25, 0.3) is 10.2 Å². The van der Waals surface area contributed by atoms with Crippen LogP contribution in [0.15, 0.2) is 30.7 Å². The van der Waals surface area contributed by atoms with E-state index in [0.29, 0.717) is 15.9 Å². The monoisotopic (exact) mass is 418 g/mol. The van der Waals surface area contributed by atoms with Gasteiger partial charge in [-0.15, -0.1) is 0 Å². The molecule has 0 radical (unpaired) electrons. The highest BCUT2D eigenvalue weighted by Gasteiger charge is 2.50. The number of carboxylic acids is 1. The predicted molar refractivity (Wildman–Crippen MR) is 99.9 cm³/mol. The number of anilines is 1. The number of imidazole rings is 1. The Morgan fingerprint density at radius 2 is 2.17 bits per heavy atom. The molecule has 1 aromatic carbocycles. The van der Waals surface area contributed by atoms with E-state index in [1.54, 1.807) is 6.20 Å². The zero-order valence-electron chi connectivity index (χ0n) is 14.8. The number of nitrogens with zero attached hydrogens (tertiary/aromatic N) is 2. The van der Waals surface area contributed by atoms with Crippen molar-refractivity contribution in [3.63, 3.8) is 0 Å². The van der Waals surface area contributed by atoms with E-state index in [1.807, 2.05) is 0 Å². The minimum atomic E-state index is -1.21. The van der Waals surface area contributed by atoms with Gasteiger partial charge in [-0.3, -0.25) is 9.59 Å². The first-order valence-electron chi connectivity index (χ1n) is 8.66. The van der Waals surface area contributed by atoms with Crippen LogP contribution < -0.4 is 5.32 Å². The maximum absolute atomic E-state index is 13.4. The van der Waals surface area contributed by atoms with E-state index in [2.05, 4.69) is 20.3 Å². The second-order valence-electron chi connectivity index (χ2n) is 6.58. The number of thiazole rings is 1. The Balaban J connectivity index is 1.49. The Hall–Kier alpha value is -3.18. The summed E-state index contributed by atoms with van der Waals surface area (Å²) in [5.41, 5.74) is 1.19. The number of aliphatic carboxylic acids is 1. The van der Waals surface area contributed by atoms with E-state index < -0.39 is 41.6 Å². The number of halogens is 1. The molecule has 0 unspecified atom stereocenters. The van der Waals surface area contributed by atoms with Crippen LogP contribution in [0.4, 0.5) is 9.52 Å². The SMILES string of the molecule is O=C(Nc1nc2ccc(F)cc2s1)[C@@H](CC(=O)[C@H]1O[C@@H]1C(=O)O)Cc1cnc[nH]1. The number of aromatic nitrogens is 3. The second kappa shape index (κ2) is 7.68. The third-order valence-corrected chi connectivity index (χ3v) is 5.41. The lowest BCUT2D eigenvalue weighted by atomic mass is 9.94. The molecule has 3 aromatic rings. The molecule has 2 aromatic heterocycles. The number of amides is 1. The lowest BCUT2D eigenvalue weighted by Crippen LogP contribution is -2.29. The number of hydrogen-bond acceptors (Lipinski definition) is 7. The first kappa shape index (κ1) is 19.2. The summed E-state index contributed by atoms with van der Waals surface area (Å²) in [6.45, 7) is 0. The standard InChI is InChI=1S/C18H15FN4O5S/c19-9-1-2-11-13(5-9)29-18(22-11)23-16(25)8(3-10-6-20-7-21-10)4-12(24)14-15(28-14)17(26)27/h1-2,5-8,14-15H,3-4H2,(H,20,21)(H,26,27)(H,22,23,25)/t8-,14-,15+/m1/s1. The summed E-state index contributed by atoms with van der Waals surface area (Å²) < 4.78 is 18.8. The van der Waals surface area contributed by atoms with E-state index in [0.717, 1.165) is 11.3 Å². The molecular formula is C18H15FN4O5S. The van der Waals surface area contributed by atoms with Gasteiger partial charge in [-0.2, -0.15) is 0 Å². The van der Waals surface area contributed by atoms with Gasteiger partial charge in [0.15, 0.2) is 23.1 Å². The molecule has 1 aliphatic heterocycles. The van der Waals surface area contributed by atoms with Crippen molar-refractivity contribution >= 4 is 44.3 Å². The van der Waals surface area contributed by atoms with Crippen LogP contribution in [0, 0.1) is 11.7 Å². The fourth-order valence-corrected chi connectivity index (χ4v) is 3.88. The van der Waals surface area contributed by atoms with E-state index in [-0.39, 0.29) is 18.0 Å². The molecule has 9 nitrogen and oxygen atoms in total. The molecule has 1 aliphatic rings. The highest BCUT2D eigenvalue weighted by molar-refractivity contribution is 7.22. The van der Waals surface area contributed by atoms with Crippen molar-refractivity contribution in [2.45, 2.75) is 25.0 Å². The Labute approximate surface area is 166 Å². The molecule has 3 atom stereocenters. The average Bonchev–Trinajstić information content (AvgIpc) is 3.15. The minimum absolute atomic E-state index is 0.196. The van der Waals surface area contributed by atoms with Crippen LogP contribution in [0.1, 0.15) is 12.1 Å². The van der Waals surface area contributed by atoms with Crippen LogP contribution in [0.3, 0.4) is 0 Å². The van der Waals surface area contributed by atoms with Crippen molar-refractivity contribution in [1.82, 2.24) is 15.0 Å². The summed E-state index contributed by atoms with van der Waals surface area (Å²) >= 11 is 1.12. The maximum atomic E-state index is 13.4. The summed E-state index contributed by atoms with van der Waals surface area (Å²) in [6.07, 6.45) is 0.810. The number of benzene rings is 1.